The van der Waals surface area contributed by atoms with Crippen molar-refractivity contribution in [1.29, 1.82) is 0 Å². The molecule has 0 saturated carbocycles. The van der Waals surface area contributed by atoms with Crippen molar-refractivity contribution >= 4 is 34.8 Å². The summed E-state index contributed by atoms with van der Waals surface area (Å²) in [4.78, 5) is 0. The van der Waals surface area contributed by atoms with Crippen molar-refractivity contribution in [1.82, 2.24) is 5.32 Å². The van der Waals surface area contributed by atoms with Crippen LogP contribution in [0.3, 0.4) is 0 Å². The monoisotopic (exact) mass is 341 g/mol. The van der Waals surface area contributed by atoms with Crippen molar-refractivity contribution in [2.24, 2.45) is 0 Å². The number of likely N-dealkylation sites (N-methyl/N-ethyl adjacent to an activating group) is 1. The molecule has 0 aromatic heterocycles. The third kappa shape index (κ3) is 3.00. The first kappa shape index (κ1) is 15.0. The summed E-state index contributed by atoms with van der Waals surface area (Å²) in [7, 11) is 1.91. The second-order valence-corrected chi connectivity index (χ2v) is 6.35. The van der Waals surface area contributed by atoms with Crippen molar-refractivity contribution in [3.8, 4) is 16.9 Å². The van der Waals surface area contributed by atoms with Gasteiger partial charge in [0.1, 0.15) is 11.9 Å². The number of ether oxygens (including phenoxy) is 1. The van der Waals surface area contributed by atoms with Crippen LogP contribution in [0.15, 0.2) is 30.3 Å². The molecule has 0 bridgehead atoms. The summed E-state index contributed by atoms with van der Waals surface area (Å²) in [5.41, 5.74) is 2.91. The van der Waals surface area contributed by atoms with E-state index in [1.165, 1.54) is 0 Å². The molecule has 1 aliphatic rings. The SMILES string of the molecule is CNCC1Cc2cc(Cl)cc(-c3ccc(Cl)cc3Cl)c2O1. The fourth-order valence-corrected chi connectivity index (χ4v) is 3.40. The zero-order valence-electron chi connectivity index (χ0n) is 11.4. The van der Waals surface area contributed by atoms with E-state index in [4.69, 9.17) is 39.5 Å². The van der Waals surface area contributed by atoms with Gasteiger partial charge in [0.15, 0.2) is 0 Å². The Balaban J connectivity index is 2.08. The molecule has 1 unspecified atom stereocenters. The molecule has 2 aromatic rings. The topological polar surface area (TPSA) is 21.3 Å². The molecule has 0 radical (unpaired) electrons. The van der Waals surface area contributed by atoms with Crippen LogP contribution >= 0.6 is 34.8 Å². The average Bonchev–Trinajstić information content (AvgIpc) is 2.81. The Morgan fingerprint density at radius 1 is 1.10 bits per heavy atom. The van der Waals surface area contributed by atoms with E-state index in [1.807, 2.05) is 31.3 Å². The highest BCUT2D eigenvalue weighted by molar-refractivity contribution is 6.36. The summed E-state index contributed by atoms with van der Waals surface area (Å²) in [5, 5.41) is 5.02. The second-order valence-electron chi connectivity index (χ2n) is 5.07. The molecule has 2 nitrogen and oxygen atoms in total. The normalized spacial score (nSPS) is 16.7. The maximum atomic E-state index is 6.32. The molecule has 5 heteroatoms. The van der Waals surface area contributed by atoms with Gasteiger partial charge in [-0.1, -0.05) is 40.9 Å². The van der Waals surface area contributed by atoms with Crippen LogP contribution in [0.4, 0.5) is 0 Å². The highest BCUT2D eigenvalue weighted by atomic mass is 35.5. The van der Waals surface area contributed by atoms with Crippen molar-refractivity contribution < 1.29 is 4.74 Å². The zero-order chi connectivity index (χ0) is 15.0. The first-order valence-electron chi connectivity index (χ1n) is 6.67. The van der Waals surface area contributed by atoms with E-state index in [9.17, 15) is 0 Å². The van der Waals surface area contributed by atoms with Gasteiger partial charge in [-0.05, 0) is 36.9 Å². The van der Waals surface area contributed by atoms with Crippen LogP contribution in [0.5, 0.6) is 5.75 Å². The number of rotatable bonds is 3. The predicted octanol–water partition coefficient (Wildman–Crippen LogP) is 4.84. The van der Waals surface area contributed by atoms with E-state index in [0.29, 0.717) is 15.1 Å². The van der Waals surface area contributed by atoms with Crippen LogP contribution in [0.1, 0.15) is 5.56 Å². The molecule has 3 rings (SSSR count). The van der Waals surface area contributed by atoms with Crippen LogP contribution < -0.4 is 10.1 Å². The van der Waals surface area contributed by atoms with E-state index >= 15 is 0 Å². The molecule has 21 heavy (non-hydrogen) atoms. The van der Waals surface area contributed by atoms with Gasteiger partial charge in [0.2, 0.25) is 0 Å². The maximum Gasteiger partial charge on any atom is 0.131 e. The van der Waals surface area contributed by atoms with Crippen LogP contribution in [0.2, 0.25) is 15.1 Å². The van der Waals surface area contributed by atoms with Gasteiger partial charge in [-0.3, -0.25) is 0 Å². The van der Waals surface area contributed by atoms with Crippen molar-refractivity contribution in [3.05, 3.63) is 51.0 Å². The predicted molar refractivity (Wildman–Crippen MR) is 89.0 cm³/mol. The lowest BCUT2D eigenvalue weighted by Crippen LogP contribution is -2.27. The summed E-state index contributed by atoms with van der Waals surface area (Å²) in [6.45, 7) is 0.792. The van der Waals surface area contributed by atoms with Gasteiger partial charge in [-0.2, -0.15) is 0 Å². The summed E-state index contributed by atoms with van der Waals surface area (Å²) >= 11 is 18.5. The molecule has 1 heterocycles. The molecule has 0 amide bonds. The summed E-state index contributed by atoms with van der Waals surface area (Å²) in [5.74, 6) is 0.865. The fourth-order valence-electron chi connectivity index (χ4n) is 2.64. The number of nitrogens with one attached hydrogen (secondary N) is 1. The zero-order valence-corrected chi connectivity index (χ0v) is 13.7. The number of hydrogen-bond acceptors (Lipinski definition) is 2. The molecule has 110 valence electrons. The van der Waals surface area contributed by atoms with Crippen LogP contribution in [-0.2, 0) is 6.42 Å². The third-order valence-electron chi connectivity index (χ3n) is 3.52. The van der Waals surface area contributed by atoms with Gasteiger partial charge in [0.05, 0.1) is 5.02 Å². The third-order valence-corrected chi connectivity index (χ3v) is 4.28. The lowest BCUT2D eigenvalue weighted by Gasteiger charge is -2.13. The highest BCUT2D eigenvalue weighted by Gasteiger charge is 2.26. The lowest BCUT2D eigenvalue weighted by atomic mass is 10.0. The van der Waals surface area contributed by atoms with Crippen molar-refractivity contribution in [2.45, 2.75) is 12.5 Å². The van der Waals surface area contributed by atoms with Gasteiger partial charge in [-0.25, -0.2) is 0 Å². The Kier molecular flexibility index (Phi) is 4.32. The molecule has 0 fully saturated rings. The smallest absolute Gasteiger partial charge is 0.131 e. The summed E-state index contributed by atoms with van der Waals surface area (Å²) in [6.07, 6.45) is 0.961. The molecule has 0 spiro atoms. The van der Waals surface area contributed by atoms with Gasteiger partial charge >= 0.3 is 0 Å². The Morgan fingerprint density at radius 3 is 2.62 bits per heavy atom. The maximum absolute atomic E-state index is 6.32. The molecule has 2 aromatic carbocycles. The number of hydrogen-bond donors (Lipinski definition) is 1. The van der Waals surface area contributed by atoms with Gasteiger partial charge in [-0.15, -0.1) is 0 Å². The van der Waals surface area contributed by atoms with Gasteiger partial charge in [0.25, 0.3) is 0 Å². The average molecular weight is 343 g/mol. The Labute approximate surface area is 139 Å². The Morgan fingerprint density at radius 2 is 1.90 bits per heavy atom. The molecule has 1 N–H and O–H groups in total. The fraction of sp³-hybridized carbons (Fsp3) is 0.250. The molecule has 0 saturated heterocycles. The molecule has 0 aliphatic carbocycles. The van der Waals surface area contributed by atoms with E-state index < -0.39 is 0 Å². The molecule has 1 aliphatic heterocycles. The first-order chi connectivity index (χ1) is 10.1. The van der Waals surface area contributed by atoms with E-state index in [0.717, 1.165) is 35.4 Å². The summed E-state index contributed by atoms with van der Waals surface area (Å²) < 4.78 is 6.06. The Bertz CT molecular complexity index is 687. The van der Waals surface area contributed by atoms with Crippen molar-refractivity contribution in [3.63, 3.8) is 0 Å². The minimum absolute atomic E-state index is 0.119. The van der Waals surface area contributed by atoms with Crippen LogP contribution in [0.25, 0.3) is 11.1 Å². The molecular formula is C16H14Cl3NO. The van der Waals surface area contributed by atoms with E-state index in [1.54, 1.807) is 6.07 Å². The minimum Gasteiger partial charge on any atom is -0.488 e. The number of halogens is 3. The van der Waals surface area contributed by atoms with Crippen LogP contribution in [0, 0.1) is 0 Å². The van der Waals surface area contributed by atoms with Gasteiger partial charge < -0.3 is 10.1 Å². The lowest BCUT2D eigenvalue weighted by molar-refractivity contribution is 0.232. The van der Waals surface area contributed by atoms with E-state index in [-0.39, 0.29) is 6.10 Å². The number of fused-ring (bicyclic) bond motifs is 1. The Hall–Kier alpha value is -0.930. The summed E-state index contributed by atoms with van der Waals surface area (Å²) in [6, 6.07) is 9.28. The highest BCUT2D eigenvalue weighted by Crippen LogP contribution is 2.43. The first-order valence-corrected chi connectivity index (χ1v) is 7.81. The van der Waals surface area contributed by atoms with Crippen LogP contribution in [-0.4, -0.2) is 19.7 Å². The quantitative estimate of drug-likeness (QED) is 0.862. The minimum atomic E-state index is 0.119. The largest absolute Gasteiger partial charge is 0.488 e. The van der Waals surface area contributed by atoms with Gasteiger partial charge in [0, 0.05) is 34.1 Å². The number of benzene rings is 2. The van der Waals surface area contributed by atoms with E-state index in [2.05, 4.69) is 5.32 Å². The van der Waals surface area contributed by atoms with Crippen molar-refractivity contribution in [2.75, 3.05) is 13.6 Å². The molecule has 1 atom stereocenters. The molecular weight excluding hydrogens is 329 g/mol. The standard InChI is InChI=1S/C16H14Cl3NO/c1-20-8-12-5-9-4-11(18)6-14(16(9)21-12)13-3-2-10(17)7-15(13)19/h2-4,6-7,12,20H,5,8H2,1H3. The second kappa shape index (κ2) is 6.05.